The molecule has 0 bridgehead atoms. The van der Waals surface area contributed by atoms with Gasteiger partial charge in [-0.3, -0.25) is 0 Å². The maximum absolute atomic E-state index is 2.69. The molecule has 0 atom stereocenters. The van der Waals surface area contributed by atoms with Gasteiger partial charge in [-0.1, -0.05) is 0 Å². The van der Waals surface area contributed by atoms with Crippen LogP contribution < -0.4 is 4.35 Å². The van der Waals surface area contributed by atoms with Crippen molar-refractivity contribution in [3.05, 3.63) is 66.7 Å². The molecule has 0 aliphatic carbocycles. The van der Waals surface area contributed by atoms with Crippen LogP contribution >= 0.6 is 12.4 Å². The zero-order valence-corrected chi connectivity index (χ0v) is 13.4. The molecule has 2 radical (unpaired) electrons. The Kier molecular flexibility index (Phi) is 3.46. The van der Waals surface area contributed by atoms with Gasteiger partial charge in [-0.25, -0.2) is 0 Å². The van der Waals surface area contributed by atoms with Crippen molar-refractivity contribution in [3.63, 3.8) is 0 Å². The molecular formula is C18H12AsCl. The van der Waals surface area contributed by atoms with E-state index in [1.165, 1.54) is 36.7 Å². The van der Waals surface area contributed by atoms with Crippen LogP contribution in [0.1, 0.15) is 0 Å². The average Bonchev–Trinajstić information content (AvgIpc) is 2.45. The normalized spacial score (nSPS) is 10.8. The first-order valence-corrected chi connectivity index (χ1v) is 7.30. The van der Waals surface area contributed by atoms with Crippen molar-refractivity contribution in [2.24, 2.45) is 0 Å². The van der Waals surface area contributed by atoms with Crippen LogP contribution in [0.25, 0.3) is 32.3 Å². The first-order valence-electron chi connectivity index (χ1n) is 6.36. The number of halogens is 1. The van der Waals surface area contributed by atoms with Gasteiger partial charge in [0.15, 0.2) is 0 Å². The molecule has 0 aliphatic heterocycles. The molecule has 0 amide bonds. The van der Waals surface area contributed by atoms with Crippen LogP contribution in [0, 0.1) is 0 Å². The van der Waals surface area contributed by atoms with Crippen molar-refractivity contribution >= 4 is 65.9 Å². The van der Waals surface area contributed by atoms with Crippen LogP contribution in [-0.2, 0) is 0 Å². The molecule has 96 valence electrons. The second kappa shape index (κ2) is 5.13. The molecule has 0 heterocycles. The van der Waals surface area contributed by atoms with Gasteiger partial charge in [0.1, 0.15) is 0 Å². The minimum atomic E-state index is 0. The Morgan fingerprint density at radius 2 is 1.25 bits per heavy atom. The SMILES string of the molecule is Cl.[As]c1cccc2ccc3cc4ccccc4cc3c12. The van der Waals surface area contributed by atoms with E-state index in [0.717, 1.165) is 0 Å². The summed E-state index contributed by atoms with van der Waals surface area (Å²) >= 11 is 2.69. The monoisotopic (exact) mass is 338 g/mol. The molecule has 0 aromatic heterocycles. The summed E-state index contributed by atoms with van der Waals surface area (Å²) in [7, 11) is 0. The number of hydrogen-bond acceptors (Lipinski definition) is 0. The Morgan fingerprint density at radius 1 is 0.600 bits per heavy atom. The minimum absolute atomic E-state index is 0. The summed E-state index contributed by atoms with van der Waals surface area (Å²) in [4.78, 5) is 0. The standard InChI is InChI=1S/C18H11As.ClH/c19-17-7-3-6-12-8-9-15-10-13-4-1-2-5-14(13)11-16(15)18(12)17;/h1-11H;1H. The maximum atomic E-state index is 2.69. The molecule has 0 spiro atoms. The molecule has 0 aliphatic rings. The Labute approximate surface area is 132 Å². The van der Waals surface area contributed by atoms with Crippen molar-refractivity contribution in [2.45, 2.75) is 0 Å². The number of hydrogen-bond donors (Lipinski definition) is 0. The summed E-state index contributed by atoms with van der Waals surface area (Å²) in [5.41, 5.74) is 0. The van der Waals surface area contributed by atoms with Crippen molar-refractivity contribution in [2.75, 3.05) is 0 Å². The molecule has 2 heteroatoms. The van der Waals surface area contributed by atoms with Gasteiger partial charge < -0.3 is 0 Å². The van der Waals surface area contributed by atoms with Crippen LogP contribution in [-0.4, -0.2) is 16.9 Å². The Morgan fingerprint density at radius 3 is 2.05 bits per heavy atom. The molecule has 0 saturated carbocycles. The zero-order valence-electron chi connectivity index (χ0n) is 10.7. The molecule has 4 aromatic carbocycles. The predicted octanol–water partition coefficient (Wildman–Crippen LogP) is 4.36. The molecule has 0 unspecified atom stereocenters. The summed E-state index contributed by atoms with van der Waals surface area (Å²) in [5, 5.41) is 7.92. The summed E-state index contributed by atoms with van der Waals surface area (Å²) in [6, 6.07) is 24.0. The van der Waals surface area contributed by atoms with Gasteiger partial charge in [-0.15, -0.1) is 12.4 Å². The Hall–Kier alpha value is -1.49. The molecule has 4 rings (SSSR count). The van der Waals surface area contributed by atoms with E-state index in [2.05, 4.69) is 83.6 Å². The Bertz CT molecular complexity index is 928. The number of rotatable bonds is 0. The summed E-state index contributed by atoms with van der Waals surface area (Å²) in [5.74, 6) is 0. The van der Waals surface area contributed by atoms with Crippen LogP contribution in [0.4, 0.5) is 0 Å². The summed E-state index contributed by atoms with van der Waals surface area (Å²) < 4.78 is 1.28. The van der Waals surface area contributed by atoms with Gasteiger partial charge in [0.25, 0.3) is 0 Å². The van der Waals surface area contributed by atoms with E-state index in [4.69, 9.17) is 0 Å². The number of benzene rings is 4. The van der Waals surface area contributed by atoms with Crippen molar-refractivity contribution in [3.8, 4) is 0 Å². The zero-order chi connectivity index (χ0) is 12.8. The van der Waals surface area contributed by atoms with Gasteiger partial charge >= 0.3 is 120 Å². The van der Waals surface area contributed by atoms with Gasteiger partial charge in [0, 0.05) is 0 Å². The molecule has 0 saturated heterocycles. The van der Waals surface area contributed by atoms with Crippen LogP contribution in [0.2, 0.25) is 0 Å². The molecule has 0 nitrogen and oxygen atoms in total. The van der Waals surface area contributed by atoms with Crippen molar-refractivity contribution in [1.82, 2.24) is 0 Å². The van der Waals surface area contributed by atoms with E-state index < -0.39 is 0 Å². The summed E-state index contributed by atoms with van der Waals surface area (Å²) in [6.07, 6.45) is 0. The van der Waals surface area contributed by atoms with Gasteiger partial charge in [0.2, 0.25) is 0 Å². The average molecular weight is 339 g/mol. The quantitative estimate of drug-likeness (QED) is 0.254. The predicted molar refractivity (Wildman–Crippen MR) is 91.6 cm³/mol. The van der Waals surface area contributed by atoms with Crippen molar-refractivity contribution < 1.29 is 0 Å². The van der Waals surface area contributed by atoms with E-state index in [1.54, 1.807) is 0 Å². The fourth-order valence-electron chi connectivity index (χ4n) is 2.78. The third kappa shape index (κ3) is 2.00. The van der Waals surface area contributed by atoms with E-state index in [0.29, 0.717) is 0 Å². The molecule has 0 N–H and O–H groups in total. The van der Waals surface area contributed by atoms with Crippen molar-refractivity contribution in [1.29, 1.82) is 0 Å². The number of fused-ring (bicyclic) bond motifs is 4. The first-order chi connectivity index (χ1) is 9.33. The fraction of sp³-hybridized carbons (Fsp3) is 0. The van der Waals surface area contributed by atoms with E-state index in [-0.39, 0.29) is 12.4 Å². The first kappa shape index (κ1) is 13.5. The van der Waals surface area contributed by atoms with Gasteiger partial charge in [-0.05, 0) is 0 Å². The van der Waals surface area contributed by atoms with Crippen LogP contribution in [0.15, 0.2) is 66.7 Å². The molecule has 0 fully saturated rings. The van der Waals surface area contributed by atoms with Crippen LogP contribution in [0.5, 0.6) is 0 Å². The molecule has 4 aromatic rings. The third-order valence-electron chi connectivity index (χ3n) is 3.70. The second-order valence-electron chi connectivity index (χ2n) is 4.86. The second-order valence-corrected chi connectivity index (χ2v) is 5.87. The third-order valence-corrected chi connectivity index (χ3v) is 4.49. The van der Waals surface area contributed by atoms with E-state index >= 15 is 0 Å². The van der Waals surface area contributed by atoms with Crippen LogP contribution in [0.3, 0.4) is 0 Å². The van der Waals surface area contributed by atoms with E-state index in [1.807, 2.05) is 0 Å². The van der Waals surface area contributed by atoms with Gasteiger partial charge in [-0.2, -0.15) is 0 Å². The molecular weight excluding hydrogens is 327 g/mol. The fourth-order valence-corrected chi connectivity index (χ4v) is 3.49. The van der Waals surface area contributed by atoms with E-state index in [9.17, 15) is 0 Å². The molecule has 20 heavy (non-hydrogen) atoms. The van der Waals surface area contributed by atoms with Gasteiger partial charge in [0.05, 0.1) is 0 Å². The summed E-state index contributed by atoms with van der Waals surface area (Å²) in [6.45, 7) is 0. The Balaban J connectivity index is 0.00000121. The topological polar surface area (TPSA) is 0 Å².